The molecule has 2 saturated heterocycles. The molecule has 7 heteroatoms. The van der Waals surface area contributed by atoms with Crippen LogP contribution in [0.5, 0.6) is 0 Å². The van der Waals surface area contributed by atoms with Gasteiger partial charge in [-0.3, -0.25) is 19.3 Å². The van der Waals surface area contributed by atoms with E-state index in [4.69, 9.17) is 14.2 Å². The number of carbonyl (C=O) groups excluding carboxylic acids is 3. The van der Waals surface area contributed by atoms with Crippen LogP contribution in [0.25, 0.3) is 0 Å². The smallest absolute Gasteiger partial charge is 0.320 e. The molecular weight excluding hydrogens is 422 g/mol. The van der Waals surface area contributed by atoms with Crippen LogP contribution in [0.3, 0.4) is 0 Å². The van der Waals surface area contributed by atoms with Crippen LogP contribution in [0.1, 0.15) is 78.6 Å². The number of carbonyl (C=O) groups is 3. The first kappa shape index (κ1) is 23.1. The quantitative estimate of drug-likeness (QED) is 0.442. The summed E-state index contributed by atoms with van der Waals surface area (Å²) >= 11 is 0. The molecule has 5 rings (SSSR count). The normalized spacial score (nSPS) is 38.7. The Kier molecular flexibility index (Phi) is 5.99. The van der Waals surface area contributed by atoms with E-state index in [0.717, 1.165) is 58.0 Å². The van der Waals surface area contributed by atoms with Gasteiger partial charge in [0.05, 0.1) is 18.4 Å². The van der Waals surface area contributed by atoms with Crippen LogP contribution in [-0.2, 0) is 28.6 Å². The van der Waals surface area contributed by atoms with E-state index in [0.29, 0.717) is 6.42 Å². The summed E-state index contributed by atoms with van der Waals surface area (Å²) in [5.41, 5.74) is -1.01. The van der Waals surface area contributed by atoms with Crippen LogP contribution in [-0.4, -0.2) is 59.7 Å². The second kappa shape index (κ2) is 8.54. The maximum atomic E-state index is 13.6. The van der Waals surface area contributed by atoms with Crippen LogP contribution < -0.4 is 0 Å². The standard InChI is InChI=1S/C26H39NO6/c1-4-26(10-6-7-11-26)33-24(30)20-16-14-17(21-19(16)23(29)32-25(21,2)3)22(20)31-18(28)15-27-12-8-5-9-13-27/h16-17,19-22H,4-15H2,1-3H3. The fraction of sp³-hybridized carbons (Fsp3) is 0.885. The molecule has 0 aromatic heterocycles. The van der Waals surface area contributed by atoms with E-state index in [1.54, 1.807) is 0 Å². The zero-order valence-corrected chi connectivity index (χ0v) is 20.3. The summed E-state index contributed by atoms with van der Waals surface area (Å²) in [6, 6.07) is 0. The van der Waals surface area contributed by atoms with Crippen molar-refractivity contribution < 1.29 is 28.6 Å². The number of fused-ring (bicyclic) bond motifs is 5. The molecule has 5 aliphatic rings. The Morgan fingerprint density at radius 2 is 1.76 bits per heavy atom. The molecule has 2 aliphatic heterocycles. The highest BCUT2D eigenvalue weighted by Gasteiger charge is 2.71. The Bertz CT molecular complexity index is 797. The Hall–Kier alpha value is -1.63. The van der Waals surface area contributed by atoms with E-state index < -0.39 is 23.2 Å². The van der Waals surface area contributed by atoms with Gasteiger partial charge in [-0.05, 0) is 84.2 Å². The number of likely N-dealkylation sites (tertiary alicyclic amines) is 1. The second-order valence-electron chi connectivity index (χ2n) is 11.6. The molecule has 3 saturated carbocycles. The van der Waals surface area contributed by atoms with Gasteiger partial charge in [0.2, 0.25) is 0 Å². The predicted octanol–water partition coefficient (Wildman–Crippen LogP) is 3.48. The lowest BCUT2D eigenvalue weighted by atomic mass is 9.68. The number of ether oxygens (including phenoxy) is 3. The summed E-state index contributed by atoms with van der Waals surface area (Å²) in [7, 11) is 0. The van der Waals surface area contributed by atoms with Crippen molar-refractivity contribution in [3.8, 4) is 0 Å². The fourth-order valence-corrected chi connectivity index (χ4v) is 7.81. The van der Waals surface area contributed by atoms with Gasteiger partial charge in [0.25, 0.3) is 0 Å². The molecule has 2 bridgehead atoms. The zero-order valence-electron chi connectivity index (χ0n) is 20.3. The van der Waals surface area contributed by atoms with Gasteiger partial charge < -0.3 is 14.2 Å². The number of rotatable bonds is 6. The van der Waals surface area contributed by atoms with Gasteiger partial charge in [-0.2, -0.15) is 0 Å². The molecule has 0 N–H and O–H groups in total. The molecule has 0 radical (unpaired) electrons. The second-order valence-corrected chi connectivity index (χ2v) is 11.6. The maximum Gasteiger partial charge on any atom is 0.320 e. The third kappa shape index (κ3) is 3.98. The van der Waals surface area contributed by atoms with Gasteiger partial charge in [0, 0.05) is 11.8 Å². The average molecular weight is 462 g/mol. The number of hydrogen-bond donors (Lipinski definition) is 0. The summed E-state index contributed by atoms with van der Waals surface area (Å²) in [6.07, 6.45) is 8.29. The van der Waals surface area contributed by atoms with E-state index in [1.807, 2.05) is 13.8 Å². The number of piperidine rings is 1. The Morgan fingerprint density at radius 3 is 2.42 bits per heavy atom. The fourth-order valence-electron chi connectivity index (χ4n) is 7.81. The van der Waals surface area contributed by atoms with Crippen molar-refractivity contribution in [3.05, 3.63) is 0 Å². The minimum Gasteiger partial charge on any atom is -0.460 e. The van der Waals surface area contributed by atoms with Crippen LogP contribution in [0.15, 0.2) is 0 Å². The lowest BCUT2D eigenvalue weighted by molar-refractivity contribution is -0.180. The van der Waals surface area contributed by atoms with Crippen molar-refractivity contribution in [2.24, 2.45) is 29.6 Å². The summed E-state index contributed by atoms with van der Waals surface area (Å²) in [5.74, 6) is -1.89. The molecule has 0 amide bonds. The summed E-state index contributed by atoms with van der Waals surface area (Å²) < 4.78 is 18.0. The average Bonchev–Trinajstić information content (AvgIpc) is 3.51. The lowest BCUT2D eigenvalue weighted by Gasteiger charge is -2.39. The molecule has 2 heterocycles. The molecule has 3 aliphatic carbocycles. The van der Waals surface area contributed by atoms with Crippen molar-refractivity contribution in [2.75, 3.05) is 19.6 Å². The third-order valence-electron chi connectivity index (χ3n) is 9.35. The van der Waals surface area contributed by atoms with Gasteiger partial charge in [-0.25, -0.2) is 0 Å². The van der Waals surface area contributed by atoms with Gasteiger partial charge in [0.15, 0.2) is 0 Å². The minimum atomic E-state index is -0.607. The van der Waals surface area contributed by atoms with Crippen LogP contribution in [0, 0.1) is 29.6 Å². The first-order valence-electron chi connectivity index (χ1n) is 13.1. The molecule has 0 aromatic carbocycles. The number of nitrogens with zero attached hydrogens (tertiary/aromatic N) is 1. The number of hydrogen-bond acceptors (Lipinski definition) is 7. The van der Waals surface area contributed by atoms with E-state index in [9.17, 15) is 14.4 Å². The highest BCUT2D eigenvalue weighted by atomic mass is 16.6. The van der Waals surface area contributed by atoms with E-state index in [1.165, 1.54) is 6.42 Å². The molecular formula is C26H39NO6. The molecule has 33 heavy (non-hydrogen) atoms. The number of esters is 3. The first-order chi connectivity index (χ1) is 15.7. The predicted molar refractivity (Wildman–Crippen MR) is 120 cm³/mol. The van der Waals surface area contributed by atoms with Gasteiger partial charge >= 0.3 is 17.9 Å². The van der Waals surface area contributed by atoms with Gasteiger partial charge in [-0.1, -0.05) is 13.3 Å². The largest absolute Gasteiger partial charge is 0.460 e. The Balaban J connectivity index is 1.37. The van der Waals surface area contributed by atoms with Gasteiger partial charge in [0.1, 0.15) is 17.3 Å². The molecule has 5 fully saturated rings. The molecule has 6 unspecified atom stereocenters. The first-order valence-corrected chi connectivity index (χ1v) is 13.1. The Morgan fingerprint density at radius 1 is 1.06 bits per heavy atom. The van der Waals surface area contributed by atoms with Crippen molar-refractivity contribution in [1.82, 2.24) is 4.90 Å². The van der Waals surface area contributed by atoms with E-state index in [2.05, 4.69) is 11.8 Å². The topological polar surface area (TPSA) is 82.1 Å². The molecule has 0 aromatic rings. The monoisotopic (exact) mass is 461 g/mol. The molecule has 0 spiro atoms. The summed E-state index contributed by atoms with van der Waals surface area (Å²) in [6.45, 7) is 8.05. The highest BCUT2D eigenvalue weighted by molar-refractivity contribution is 5.82. The zero-order chi connectivity index (χ0) is 23.4. The molecule has 7 nitrogen and oxygen atoms in total. The van der Waals surface area contributed by atoms with Crippen molar-refractivity contribution in [2.45, 2.75) is 95.9 Å². The van der Waals surface area contributed by atoms with Crippen molar-refractivity contribution >= 4 is 17.9 Å². The minimum absolute atomic E-state index is 0.0292. The SMILES string of the molecule is CCC1(OC(=O)C2C3CC(C2OC(=O)CN2CCCCC2)C2C3C(=O)OC2(C)C)CCCC1. The van der Waals surface area contributed by atoms with Gasteiger partial charge in [-0.15, -0.1) is 0 Å². The Labute approximate surface area is 196 Å². The maximum absolute atomic E-state index is 13.6. The van der Waals surface area contributed by atoms with Crippen LogP contribution in [0.4, 0.5) is 0 Å². The molecule has 184 valence electrons. The van der Waals surface area contributed by atoms with Crippen molar-refractivity contribution in [3.63, 3.8) is 0 Å². The van der Waals surface area contributed by atoms with E-state index >= 15 is 0 Å². The van der Waals surface area contributed by atoms with Crippen LogP contribution in [0.2, 0.25) is 0 Å². The van der Waals surface area contributed by atoms with E-state index in [-0.39, 0.29) is 48.1 Å². The number of cyclic esters (lactones) is 1. The molecule has 6 atom stereocenters. The third-order valence-corrected chi connectivity index (χ3v) is 9.35. The lowest BCUT2D eigenvalue weighted by Crippen LogP contribution is -2.50. The summed E-state index contributed by atoms with van der Waals surface area (Å²) in [5, 5.41) is 0. The van der Waals surface area contributed by atoms with Crippen LogP contribution >= 0.6 is 0 Å². The summed E-state index contributed by atoms with van der Waals surface area (Å²) in [4.78, 5) is 41.5. The van der Waals surface area contributed by atoms with Crippen molar-refractivity contribution in [1.29, 1.82) is 0 Å². The highest BCUT2D eigenvalue weighted by Crippen LogP contribution is 2.63.